The standard InChI is InChI=1S/C6H4/c1-3-5-6-4-2/h5-6H2. The lowest BCUT2D eigenvalue weighted by Crippen LogP contribution is -1.58. The van der Waals surface area contributed by atoms with Gasteiger partial charge in [-0.05, 0) is 12.8 Å². The molecule has 0 amide bonds. The Hall–Kier alpha value is -0.880. The van der Waals surface area contributed by atoms with E-state index in [0.717, 1.165) is 0 Å². The molecule has 0 heteroatoms. The third kappa shape index (κ3) is 3.12. The van der Waals surface area contributed by atoms with Gasteiger partial charge in [0.05, 0.1) is 0 Å². The third-order valence-electron chi connectivity index (χ3n) is 0.375. The van der Waals surface area contributed by atoms with Gasteiger partial charge < -0.3 is 0 Å². The van der Waals surface area contributed by atoms with Crippen LogP contribution in [0.3, 0.4) is 0 Å². The van der Waals surface area contributed by atoms with Crippen LogP contribution in [0.1, 0.15) is 12.8 Å². The van der Waals surface area contributed by atoms with Crippen molar-refractivity contribution in [2.75, 3.05) is 0 Å². The Balaban J connectivity index is 2.78. The predicted molar refractivity (Wildman–Crippen MR) is 23.5 cm³/mol. The van der Waals surface area contributed by atoms with Crippen molar-refractivity contribution in [2.24, 2.45) is 0 Å². The molecule has 0 unspecified atom stereocenters. The van der Waals surface area contributed by atoms with Crippen LogP contribution in [0.15, 0.2) is 0 Å². The summed E-state index contributed by atoms with van der Waals surface area (Å²) in [6, 6.07) is 0. The van der Waals surface area contributed by atoms with Crippen LogP contribution < -0.4 is 0 Å². The summed E-state index contributed by atoms with van der Waals surface area (Å²) in [5.41, 5.74) is 0. The van der Waals surface area contributed by atoms with E-state index in [1.54, 1.807) is 0 Å². The first kappa shape index (κ1) is 5.12. The largest absolute Gasteiger partial charge is 0.0881 e. The summed E-state index contributed by atoms with van der Waals surface area (Å²) >= 11 is 0. The van der Waals surface area contributed by atoms with E-state index >= 15 is 0 Å². The number of hydrogen-bond donors (Lipinski definition) is 0. The maximum atomic E-state index is 6.33. The molecule has 0 aliphatic carbocycles. The topological polar surface area (TPSA) is 0 Å². The van der Waals surface area contributed by atoms with Gasteiger partial charge in [-0.2, -0.15) is 0 Å². The molecule has 0 saturated carbocycles. The number of unbranched alkanes of at least 4 members (excludes halogenated alkanes) is 1. The Kier molecular flexibility index (Phi) is 3.52. The van der Waals surface area contributed by atoms with Gasteiger partial charge in [-0.15, -0.1) is 0 Å². The smallest absolute Gasteiger partial charge is 0.0209 e. The average molecular weight is 76.1 g/mol. The molecule has 0 atom stereocenters. The zero-order valence-corrected chi connectivity index (χ0v) is 3.41. The highest BCUT2D eigenvalue weighted by molar-refractivity contribution is 4.85. The predicted octanol–water partition coefficient (Wildman–Crippen LogP) is 0.946. The molecule has 0 spiro atoms. The van der Waals surface area contributed by atoms with Crippen LogP contribution in [0.4, 0.5) is 0 Å². The summed E-state index contributed by atoms with van der Waals surface area (Å²) in [5, 5.41) is 0. The molecule has 0 aliphatic heterocycles. The van der Waals surface area contributed by atoms with E-state index in [2.05, 4.69) is 11.8 Å². The van der Waals surface area contributed by atoms with Crippen molar-refractivity contribution in [1.82, 2.24) is 0 Å². The van der Waals surface area contributed by atoms with Crippen LogP contribution in [0.25, 0.3) is 0 Å². The molecule has 0 aromatic rings. The van der Waals surface area contributed by atoms with Gasteiger partial charge in [-0.3, -0.25) is 0 Å². The molecule has 0 heterocycles. The van der Waals surface area contributed by atoms with E-state index < -0.39 is 0 Å². The van der Waals surface area contributed by atoms with E-state index in [0.29, 0.717) is 12.8 Å². The fraction of sp³-hybridized carbons (Fsp3) is 0.333. The maximum absolute atomic E-state index is 6.33. The molecule has 0 nitrogen and oxygen atoms in total. The van der Waals surface area contributed by atoms with Crippen LogP contribution in [-0.2, 0) is 0 Å². The summed E-state index contributed by atoms with van der Waals surface area (Å²) in [5.74, 6) is 4.27. The van der Waals surface area contributed by atoms with Gasteiger partial charge in [0.25, 0.3) is 0 Å². The zero-order valence-electron chi connectivity index (χ0n) is 3.41. The second kappa shape index (κ2) is 4.12. The molecule has 0 aromatic heterocycles. The molecule has 28 valence electrons. The molecule has 6 heavy (non-hydrogen) atoms. The van der Waals surface area contributed by atoms with Crippen molar-refractivity contribution in [2.45, 2.75) is 12.8 Å². The molecular formula is C6H4. The minimum atomic E-state index is 0.531. The maximum Gasteiger partial charge on any atom is 0.0209 e. The van der Waals surface area contributed by atoms with Gasteiger partial charge in [0.2, 0.25) is 0 Å². The van der Waals surface area contributed by atoms with Crippen LogP contribution in [0.5, 0.6) is 0 Å². The molecule has 0 bridgehead atoms. The first-order valence-corrected chi connectivity index (χ1v) is 1.71. The van der Waals surface area contributed by atoms with Crippen molar-refractivity contribution < 1.29 is 0 Å². The summed E-state index contributed by atoms with van der Waals surface area (Å²) in [6.45, 7) is 0. The lowest BCUT2D eigenvalue weighted by Gasteiger charge is -1.69. The molecule has 0 aromatic carbocycles. The van der Waals surface area contributed by atoms with E-state index in [4.69, 9.17) is 12.8 Å². The van der Waals surface area contributed by atoms with Gasteiger partial charge in [0.1, 0.15) is 0 Å². The van der Waals surface area contributed by atoms with Crippen molar-refractivity contribution in [3.05, 3.63) is 12.8 Å². The van der Waals surface area contributed by atoms with Crippen LogP contribution in [0.2, 0.25) is 0 Å². The third-order valence-corrected chi connectivity index (χ3v) is 0.375. The lowest BCUT2D eigenvalue weighted by atomic mass is 10.3. The van der Waals surface area contributed by atoms with E-state index in [1.165, 1.54) is 0 Å². The zero-order chi connectivity index (χ0) is 4.83. The average Bonchev–Trinajstić information content (AvgIpc) is 1.61. The van der Waals surface area contributed by atoms with Crippen molar-refractivity contribution in [3.63, 3.8) is 0 Å². The number of hydrogen-bond acceptors (Lipinski definition) is 0. The van der Waals surface area contributed by atoms with E-state index in [1.807, 2.05) is 0 Å². The normalized spacial score (nSPS) is 5.67. The highest BCUT2D eigenvalue weighted by atomic mass is 13.7. The van der Waals surface area contributed by atoms with Crippen LogP contribution in [-0.4, -0.2) is 0 Å². The minimum Gasteiger partial charge on any atom is -0.0881 e. The Bertz CT molecular complexity index is 73.6. The van der Waals surface area contributed by atoms with Gasteiger partial charge in [-0.1, -0.05) is 11.8 Å². The second-order valence-electron chi connectivity index (χ2n) is 0.854. The molecule has 0 saturated heterocycles. The van der Waals surface area contributed by atoms with Gasteiger partial charge in [0, 0.05) is 12.8 Å². The summed E-state index contributed by atoms with van der Waals surface area (Å²) in [7, 11) is 0. The fourth-order valence-electron chi connectivity index (χ4n) is 0.125. The quantitative estimate of drug-likeness (QED) is 0.322. The molecule has 2 radical (unpaired) electrons. The van der Waals surface area contributed by atoms with Crippen LogP contribution >= 0.6 is 0 Å². The van der Waals surface area contributed by atoms with Crippen LogP contribution in [0, 0.1) is 24.7 Å². The molecule has 0 rings (SSSR count). The summed E-state index contributed by atoms with van der Waals surface area (Å²) < 4.78 is 0. The van der Waals surface area contributed by atoms with Crippen molar-refractivity contribution in [1.29, 1.82) is 0 Å². The summed E-state index contributed by atoms with van der Waals surface area (Å²) in [6.07, 6.45) is 13.7. The summed E-state index contributed by atoms with van der Waals surface area (Å²) in [4.78, 5) is 0. The first-order chi connectivity index (χ1) is 2.91. The molecular weight excluding hydrogens is 72.1 g/mol. The van der Waals surface area contributed by atoms with Gasteiger partial charge in [-0.25, -0.2) is 0 Å². The van der Waals surface area contributed by atoms with Crippen molar-refractivity contribution in [3.8, 4) is 11.8 Å². The van der Waals surface area contributed by atoms with E-state index in [9.17, 15) is 0 Å². The monoisotopic (exact) mass is 76.0 g/mol. The highest BCUT2D eigenvalue weighted by Gasteiger charge is 1.67. The molecule has 0 fully saturated rings. The Morgan fingerprint density at radius 1 is 1.00 bits per heavy atom. The Labute approximate surface area is 38.6 Å². The molecule has 0 N–H and O–H groups in total. The first-order valence-electron chi connectivity index (χ1n) is 1.71. The highest BCUT2D eigenvalue weighted by Crippen LogP contribution is 1.78. The minimum absolute atomic E-state index is 0.531. The number of rotatable bonds is 1. The SMILES string of the molecule is [C]#CCCC#[C]. The Morgan fingerprint density at radius 3 is 1.50 bits per heavy atom. The van der Waals surface area contributed by atoms with Gasteiger partial charge in [0.15, 0.2) is 0 Å². The van der Waals surface area contributed by atoms with Gasteiger partial charge >= 0.3 is 0 Å². The lowest BCUT2D eigenvalue weighted by molar-refractivity contribution is 1.12. The second-order valence-corrected chi connectivity index (χ2v) is 0.854. The molecule has 0 aliphatic rings. The Morgan fingerprint density at radius 2 is 1.33 bits per heavy atom. The fourth-order valence-corrected chi connectivity index (χ4v) is 0.125. The van der Waals surface area contributed by atoms with Crippen molar-refractivity contribution >= 4 is 0 Å². The van der Waals surface area contributed by atoms with E-state index in [-0.39, 0.29) is 0 Å².